The molecule has 0 aliphatic heterocycles. The number of ether oxygens (including phenoxy) is 1. The van der Waals surface area contributed by atoms with Crippen molar-refractivity contribution in [3.8, 4) is 5.69 Å². The maximum atomic E-state index is 11.1. The van der Waals surface area contributed by atoms with E-state index in [1.54, 1.807) is 6.33 Å². The normalized spacial score (nSPS) is 10.2. The van der Waals surface area contributed by atoms with Crippen LogP contribution in [0, 0.1) is 0 Å². The van der Waals surface area contributed by atoms with Crippen molar-refractivity contribution in [1.29, 1.82) is 0 Å². The molecule has 0 saturated heterocycles. The number of carbonyl (C=O) groups excluding carboxylic acids is 1. The lowest BCUT2D eigenvalue weighted by Crippen LogP contribution is -2.04. The Labute approximate surface area is 107 Å². The van der Waals surface area contributed by atoms with Gasteiger partial charge in [-0.2, -0.15) is 0 Å². The number of rotatable bonds is 3. The van der Waals surface area contributed by atoms with E-state index >= 15 is 0 Å². The van der Waals surface area contributed by atoms with Crippen LogP contribution in [-0.4, -0.2) is 22.6 Å². The Bertz CT molecular complexity index is 537. The lowest BCUT2D eigenvalue weighted by Gasteiger charge is -2.01. The maximum absolute atomic E-state index is 11.1. The van der Waals surface area contributed by atoms with Crippen LogP contribution in [-0.2, 0) is 16.0 Å². The molecule has 1 heterocycles. The third kappa shape index (κ3) is 2.94. The van der Waals surface area contributed by atoms with Crippen LogP contribution in [0.5, 0.6) is 0 Å². The molecule has 0 fully saturated rings. The predicted molar refractivity (Wildman–Crippen MR) is 67.0 cm³/mol. The summed E-state index contributed by atoms with van der Waals surface area (Å²) < 4.78 is 7.45. The van der Waals surface area contributed by atoms with Gasteiger partial charge in [0.05, 0.1) is 25.6 Å². The lowest BCUT2D eigenvalue weighted by atomic mass is 10.3. The molecule has 0 radical (unpaired) electrons. The summed E-state index contributed by atoms with van der Waals surface area (Å²) in [5, 5.41) is 0. The Morgan fingerprint density at radius 2 is 2.35 bits per heavy atom. The molecular formula is C12H11BrN2O2. The lowest BCUT2D eigenvalue weighted by molar-refractivity contribution is -0.139. The predicted octanol–water partition coefficient (Wildman–Crippen LogP) is 2.35. The topological polar surface area (TPSA) is 44.1 Å². The Morgan fingerprint density at radius 3 is 3.06 bits per heavy atom. The van der Waals surface area contributed by atoms with E-state index in [-0.39, 0.29) is 12.4 Å². The highest BCUT2D eigenvalue weighted by Gasteiger charge is 2.06. The van der Waals surface area contributed by atoms with Gasteiger partial charge < -0.3 is 9.30 Å². The first kappa shape index (κ1) is 11.9. The second-order valence-corrected chi connectivity index (χ2v) is 4.42. The highest BCUT2D eigenvalue weighted by molar-refractivity contribution is 9.10. The summed E-state index contributed by atoms with van der Waals surface area (Å²) in [6, 6.07) is 7.84. The zero-order chi connectivity index (χ0) is 12.3. The van der Waals surface area contributed by atoms with Crippen LogP contribution in [0.25, 0.3) is 5.69 Å². The second kappa shape index (κ2) is 5.14. The Morgan fingerprint density at radius 1 is 1.53 bits per heavy atom. The van der Waals surface area contributed by atoms with Crippen LogP contribution < -0.4 is 0 Å². The summed E-state index contributed by atoms with van der Waals surface area (Å²) in [6.07, 6.45) is 3.69. The van der Waals surface area contributed by atoms with Gasteiger partial charge >= 0.3 is 5.97 Å². The number of hydrogen-bond donors (Lipinski definition) is 0. The molecular weight excluding hydrogens is 284 g/mol. The molecule has 0 saturated carbocycles. The minimum absolute atomic E-state index is 0.192. The van der Waals surface area contributed by atoms with Crippen molar-refractivity contribution in [3.63, 3.8) is 0 Å². The summed E-state index contributed by atoms with van der Waals surface area (Å²) in [7, 11) is 1.37. The van der Waals surface area contributed by atoms with E-state index < -0.39 is 0 Å². The molecule has 0 aliphatic rings. The summed E-state index contributed by atoms with van der Waals surface area (Å²) in [5.74, 6) is -0.288. The van der Waals surface area contributed by atoms with E-state index in [9.17, 15) is 4.79 Å². The van der Waals surface area contributed by atoms with Gasteiger partial charge in [-0.1, -0.05) is 22.0 Å². The second-order valence-electron chi connectivity index (χ2n) is 3.51. The summed E-state index contributed by atoms with van der Waals surface area (Å²) >= 11 is 3.41. The molecule has 0 spiro atoms. The fourth-order valence-electron chi connectivity index (χ4n) is 1.45. The highest BCUT2D eigenvalue weighted by atomic mass is 79.9. The fraction of sp³-hybridized carbons (Fsp3) is 0.167. The monoisotopic (exact) mass is 294 g/mol. The van der Waals surface area contributed by atoms with Gasteiger partial charge in [0.1, 0.15) is 0 Å². The van der Waals surface area contributed by atoms with Crippen LogP contribution in [0.4, 0.5) is 0 Å². The van der Waals surface area contributed by atoms with Gasteiger partial charge in [-0.3, -0.25) is 4.79 Å². The zero-order valence-electron chi connectivity index (χ0n) is 9.26. The number of nitrogens with zero attached hydrogens (tertiary/aromatic N) is 2. The molecule has 5 heteroatoms. The van der Waals surface area contributed by atoms with Crippen molar-refractivity contribution < 1.29 is 9.53 Å². The average molecular weight is 295 g/mol. The van der Waals surface area contributed by atoms with E-state index in [0.29, 0.717) is 5.69 Å². The van der Waals surface area contributed by atoms with E-state index in [2.05, 4.69) is 25.7 Å². The largest absolute Gasteiger partial charge is 0.469 e. The first-order chi connectivity index (χ1) is 8.19. The first-order valence-corrected chi connectivity index (χ1v) is 5.84. The van der Waals surface area contributed by atoms with Gasteiger partial charge in [-0.25, -0.2) is 4.98 Å². The molecule has 4 nitrogen and oxygen atoms in total. The van der Waals surface area contributed by atoms with Gasteiger partial charge in [0.2, 0.25) is 0 Å². The molecule has 2 aromatic rings. The smallest absolute Gasteiger partial charge is 0.311 e. The molecule has 88 valence electrons. The summed E-state index contributed by atoms with van der Waals surface area (Å²) in [6.45, 7) is 0. The van der Waals surface area contributed by atoms with Crippen LogP contribution in [0.1, 0.15) is 5.69 Å². The van der Waals surface area contributed by atoms with Gasteiger partial charge in [0, 0.05) is 16.4 Å². The molecule has 0 N–H and O–H groups in total. The van der Waals surface area contributed by atoms with Crippen LogP contribution in [0.3, 0.4) is 0 Å². The molecule has 1 aromatic heterocycles. The molecule has 0 aliphatic carbocycles. The van der Waals surface area contributed by atoms with Crippen molar-refractivity contribution in [1.82, 2.24) is 9.55 Å². The number of aromatic nitrogens is 2. The Kier molecular flexibility index (Phi) is 3.58. The number of hydrogen-bond acceptors (Lipinski definition) is 3. The minimum Gasteiger partial charge on any atom is -0.469 e. The average Bonchev–Trinajstić information content (AvgIpc) is 2.77. The van der Waals surface area contributed by atoms with Crippen molar-refractivity contribution in [2.24, 2.45) is 0 Å². The van der Waals surface area contributed by atoms with Gasteiger partial charge in [0.15, 0.2) is 0 Å². The Hall–Kier alpha value is -1.62. The summed E-state index contributed by atoms with van der Waals surface area (Å²) in [5.41, 5.74) is 1.68. The van der Waals surface area contributed by atoms with E-state index in [1.165, 1.54) is 7.11 Å². The number of methoxy groups -OCH3 is 1. The van der Waals surface area contributed by atoms with Gasteiger partial charge in [-0.05, 0) is 18.2 Å². The van der Waals surface area contributed by atoms with E-state index in [0.717, 1.165) is 10.2 Å². The standard InChI is InChI=1S/C12H11BrN2O2/c1-17-12(16)6-10-7-15(8-14-10)11-4-2-3-9(13)5-11/h2-5,7-8H,6H2,1H3. The number of esters is 1. The van der Waals surface area contributed by atoms with Crippen molar-refractivity contribution in [2.75, 3.05) is 7.11 Å². The third-order valence-corrected chi connectivity index (χ3v) is 2.79. The van der Waals surface area contributed by atoms with Crippen LogP contribution >= 0.6 is 15.9 Å². The Balaban J connectivity index is 2.21. The first-order valence-electron chi connectivity index (χ1n) is 5.04. The number of halogens is 1. The van der Waals surface area contributed by atoms with Crippen molar-refractivity contribution in [2.45, 2.75) is 6.42 Å². The van der Waals surface area contributed by atoms with Crippen molar-refractivity contribution in [3.05, 3.63) is 47.0 Å². The molecule has 17 heavy (non-hydrogen) atoms. The molecule has 0 amide bonds. The quantitative estimate of drug-likeness (QED) is 0.816. The van der Waals surface area contributed by atoms with E-state index in [1.807, 2.05) is 35.0 Å². The molecule has 2 rings (SSSR count). The molecule has 0 atom stereocenters. The van der Waals surface area contributed by atoms with E-state index in [4.69, 9.17) is 0 Å². The number of imidazole rings is 1. The highest BCUT2D eigenvalue weighted by Crippen LogP contribution is 2.15. The molecule has 1 aromatic carbocycles. The molecule has 0 bridgehead atoms. The summed E-state index contributed by atoms with van der Waals surface area (Å²) in [4.78, 5) is 15.3. The van der Waals surface area contributed by atoms with Gasteiger partial charge in [-0.15, -0.1) is 0 Å². The zero-order valence-corrected chi connectivity index (χ0v) is 10.8. The van der Waals surface area contributed by atoms with Gasteiger partial charge in [0.25, 0.3) is 0 Å². The maximum Gasteiger partial charge on any atom is 0.311 e. The minimum atomic E-state index is -0.288. The third-order valence-electron chi connectivity index (χ3n) is 2.30. The van der Waals surface area contributed by atoms with Crippen LogP contribution in [0.2, 0.25) is 0 Å². The van der Waals surface area contributed by atoms with Crippen molar-refractivity contribution >= 4 is 21.9 Å². The molecule has 0 unspecified atom stereocenters. The number of carbonyl (C=O) groups is 1. The fourth-order valence-corrected chi connectivity index (χ4v) is 1.84. The van der Waals surface area contributed by atoms with Crippen LogP contribution in [0.15, 0.2) is 41.3 Å². The SMILES string of the molecule is COC(=O)Cc1cn(-c2cccc(Br)c2)cn1. The number of benzene rings is 1.